The molecule has 0 atom stereocenters. The van der Waals surface area contributed by atoms with Gasteiger partial charge in [-0.3, -0.25) is 10.2 Å². The summed E-state index contributed by atoms with van der Waals surface area (Å²) in [6.45, 7) is 9.21. The maximum absolute atomic E-state index is 12.4. The SMILES string of the molecule is CC(C)(NC1CCCCC1)C(=O)NC(=N)/C=C(\O)C(C)(C)C. The van der Waals surface area contributed by atoms with E-state index in [0.29, 0.717) is 6.04 Å². The fourth-order valence-corrected chi connectivity index (χ4v) is 2.49. The number of allylic oxidation sites excluding steroid dienone is 1. The van der Waals surface area contributed by atoms with Crippen molar-refractivity contribution >= 4 is 11.7 Å². The third kappa shape index (κ3) is 5.79. The van der Waals surface area contributed by atoms with Crippen molar-refractivity contribution in [3.8, 4) is 0 Å². The summed E-state index contributed by atoms with van der Waals surface area (Å²) in [5.41, 5.74) is -1.17. The smallest absolute Gasteiger partial charge is 0.245 e. The van der Waals surface area contributed by atoms with Crippen LogP contribution < -0.4 is 10.6 Å². The van der Waals surface area contributed by atoms with Crippen LogP contribution in [0.2, 0.25) is 0 Å². The largest absolute Gasteiger partial charge is 0.512 e. The molecule has 0 aliphatic heterocycles. The van der Waals surface area contributed by atoms with Crippen molar-refractivity contribution in [2.75, 3.05) is 0 Å². The van der Waals surface area contributed by atoms with Gasteiger partial charge in [0.25, 0.3) is 0 Å². The van der Waals surface area contributed by atoms with Crippen molar-refractivity contribution in [2.45, 2.75) is 78.3 Å². The minimum Gasteiger partial charge on any atom is -0.512 e. The molecule has 0 spiro atoms. The molecule has 1 aliphatic rings. The number of amides is 1. The second-order valence-electron chi connectivity index (χ2n) is 7.75. The molecule has 0 saturated heterocycles. The molecule has 1 amide bonds. The van der Waals surface area contributed by atoms with Crippen LogP contribution in [0.15, 0.2) is 11.8 Å². The lowest BCUT2D eigenvalue weighted by molar-refractivity contribution is -0.125. The number of hydrogen-bond acceptors (Lipinski definition) is 4. The zero-order valence-electron chi connectivity index (χ0n) is 14.5. The number of hydrogen-bond donors (Lipinski definition) is 4. The van der Waals surface area contributed by atoms with E-state index in [-0.39, 0.29) is 17.5 Å². The summed E-state index contributed by atoms with van der Waals surface area (Å²) in [4.78, 5) is 12.4. The lowest BCUT2D eigenvalue weighted by atomic mass is 9.92. The summed E-state index contributed by atoms with van der Waals surface area (Å²) in [5.74, 6) is -0.257. The van der Waals surface area contributed by atoms with E-state index in [1.807, 2.05) is 34.6 Å². The molecule has 1 fully saturated rings. The second-order valence-corrected chi connectivity index (χ2v) is 7.75. The Morgan fingerprint density at radius 2 is 1.68 bits per heavy atom. The Labute approximate surface area is 134 Å². The zero-order chi connectivity index (χ0) is 17.0. The molecular weight excluding hydrogens is 278 g/mol. The minimum atomic E-state index is -0.737. The Balaban J connectivity index is 2.60. The number of carbonyl (C=O) groups excluding carboxylic acids is 1. The molecule has 5 heteroatoms. The van der Waals surface area contributed by atoms with E-state index in [4.69, 9.17) is 5.41 Å². The third-order valence-electron chi connectivity index (χ3n) is 4.04. The molecule has 22 heavy (non-hydrogen) atoms. The number of rotatable bonds is 4. The van der Waals surface area contributed by atoms with E-state index in [1.165, 1.54) is 25.3 Å². The van der Waals surface area contributed by atoms with Crippen LogP contribution in [-0.4, -0.2) is 28.4 Å². The molecule has 0 heterocycles. The minimum absolute atomic E-state index is 0.0795. The average molecular weight is 309 g/mol. The highest BCUT2D eigenvalue weighted by Gasteiger charge is 2.31. The summed E-state index contributed by atoms with van der Waals surface area (Å²) in [7, 11) is 0. The Morgan fingerprint density at radius 1 is 1.14 bits per heavy atom. The van der Waals surface area contributed by atoms with E-state index in [2.05, 4.69) is 10.6 Å². The monoisotopic (exact) mass is 309 g/mol. The number of aliphatic hydroxyl groups is 1. The van der Waals surface area contributed by atoms with Crippen LogP contribution in [0.4, 0.5) is 0 Å². The molecule has 1 rings (SSSR count). The van der Waals surface area contributed by atoms with E-state index >= 15 is 0 Å². The van der Waals surface area contributed by atoms with Gasteiger partial charge in [-0.05, 0) is 26.7 Å². The molecule has 0 aromatic heterocycles. The third-order valence-corrected chi connectivity index (χ3v) is 4.04. The van der Waals surface area contributed by atoms with Gasteiger partial charge in [-0.25, -0.2) is 0 Å². The Bertz CT molecular complexity index is 441. The fourth-order valence-electron chi connectivity index (χ4n) is 2.49. The highest BCUT2D eigenvalue weighted by molar-refractivity contribution is 6.05. The normalized spacial score (nSPS) is 18.1. The van der Waals surface area contributed by atoms with Gasteiger partial charge in [0.1, 0.15) is 11.6 Å². The van der Waals surface area contributed by atoms with Crippen LogP contribution in [0.5, 0.6) is 0 Å². The number of aliphatic hydroxyl groups excluding tert-OH is 1. The zero-order valence-corrected chi connectivity index (χ0v) is 14.5. The van der Waals surface area contributed by atoms with Gasteiger partial charge in [-0.2, -0.15) is 0 Å². The van der Waals surface area contributed by atoms with Crippen molar-refractivity contribution in [3.63, 3.8) is 0 Å². The van der Waals surface area contributed by atoms with Gasteiger partial charge >= 0.3 is 0 Å². The molecule has 5 nitrogen and oxygen atoms in total. The molecule has 4 N–H and O–H groups in total. The van der Waals surface area contributed by atoms with Crippen molar-refractivity contribution in [3.05, 3.63) is 11.8 Å². The molecule has 0 aromatic carbocycles. The first-order chi connectivity index (χ1) is 10.0. The summed E-state index contributed by atoms with van der Waals surface area (Å²) in [6.07, 6.45) is 7.17. The van der Waals surface area contributed by atoms with Crippen molar-refractivity contribution in [1.29, 1.82) is 5.41 Å². The predicted molar refractivity (Wildman–Crippen MR) is 90.1 cm³/mol. The van der Waals surface area contributed by atoms with Crippen molar-refractivity contribution in [1.82, 2.24) is 10.6 Å². The molecule has 1 aliphatic carbocycles. The Morgan fingerprint density at radius 3 is 2.18 bits per heavy atom. The standard InChI is InChI=1S/C17H31N3O2/c1-16(2,3)13(21)11-14(18)19-15(22)17(4,5)20-12-9-7-6-8-10-12/h11-12,20-21H,6-10H2,1-5H3,(H2,18,19,22)/b13-11-. The summed E-state index contributed by atoms with van der Waals surface area (Å²) >= 11 is 0. The lowest BCUT2D eigenvalue weighted by Crippen LogP contribution is -2.57. The summed E-state index contributed by atoms with van der Waals surface area (Å²) < 4.78 is 0. The molecule has 1 saturated carbocycles. The molecule has 0 aromatic rings. The maximum atomic E-state index is 12.4. The first-order valence-corrected chi connectivity index (χ1v) is 8.11. The highest BCUT2D eigenvalue weighted by atomic mass is 16.3. The second kappa shape index (κ2) is 7.27. The van der Waals surface area contributed by atoms with Gasteiger partial charge in [-0.1, -0.05) is 40.0 Å². The molecule has 126 valence electrons. The van der Waals surface area contributed by atoms with Gasteiger partial charge in [-0.15, -0.1) is 0 Å². The van der Waals surface area contributed by atoms with Crippen LogP contribution in [0, 0.1) is 10.8 Å². The van der Waals surface area contributed by atoms with Gasteiger partial charge in [0.2, 0.25) is 5.91 Å². The summed E-state index contributed by atoms with van der Waals surface area (Å²) in [5, 5.41) is 23.7. The van der Waals surface area contributed by atoms with Crippen LogP contribution in [0.25, 0.3) is 0 Å². The Kier molecular flexibility index (Phi) is 6.17. The maximum Gasteiger partial charge on any atom is 0.245 e. The van der Waals surface area contributed by atoms with E-state index in [1.54, 1.807) is 0 Å². The lowest BCUT2D eigenvalue weighted by Gasteiger charge is -2.32. The van der Waals surface area contributed by atoms with Crippen LogP contribution >= 0.6 is 0 Å². The Hall–Kier alpha value is -1.36. The van der Waals surface area contributed by atoms with E-state index < -0.39 is 11.0 Å². The number of carbonyl (C=O) groups is 1. The van der Waals surface area contributed by atoms with Crippen LogP contribution in [0.3, 0.4) is 0 Å². The first kappa shape index (κ1) is 18.7. The summed E-state index contributed by atoms with van der Waals surface area (Å²) in [6, 6.07) is 0.363. The highest BCUT2D eigenvalue weighted by Crippen LogP contribution is 2.22. The topological polar surface area (TPSA) is 85.2 Å². The first-order valence-electron chi connectivity index (χ1n) is 8.11. The molecule has 0 radical (unpaired) electrons. The van der Waals surface area contributed by atoms with Gasteiger partial charge in [0.05, 0.1) is 5.54 Å². The van der Waals surface area contributed by atoms with E-state index in [0.717, 1.165) is 12.8 Å². The average Bonchev–Trinajstić information content (AvgIpc) is 2.37. The fraction of sp³-hybridized carbons (Fsp3) is 0.765. The van der Waals surface area contributed by atoms with Crippen LogP contribution in [0.1, 0.15) is 66.7 Å². The number of nitrogens with one attached hydrogen (secondary N) is 3. The molecule has 0 bridgehead atoms. The van der Waals surface area contributed by atoms with Gasteiger partial charge < -0.3 is 15.7 Å². The number of amidine groups is 1. The van der Waals surface area contributed by atoms with Crippen molar-refractivity contribution in [2.24, 2.45) is 5.41 Å². The molecule has 0 unspecified atom stereocenters. The quantitative estimate of drug-likeness (QED) is 0.365. The predicted octanol–water partition coefficient (Wildman–Crippen LogP) is 3.27. The van der Waals surface area contributed by atoms with Gasteiger partial charge in [0, 0.05) is 17.5 Å². The van der Waals surface area contributed by atoms with Crippen molar-refractivity contribution < 1.29 is 9.90 Å². The van der Waals surface area contributed by atoms with E-state index in [9.17, 15) is 9.90 Å². The van der Waals surface area contributed by atoms with Gasteiger partial charge in [0.15, 0.2) is 0 Å². The molecular formula is C17H31N3O2. The van der Waals surface area contributed by atoms with Crippen LogP contribution in [-0.2, 0) is 4.79 Å².